The standard InChI is InChI=1S/C15H31NO3/c1-3-5-13(17)9-16-10-14(18)11-19-15-7-4-6-12(2)8-15/h12-18H,3-11H2,1-2H3. The number of hydrogen-bond acceptors (Lipinski definition) is 4. The molecule has 0 heterocycles. The van der Waals surface area contributed by atoms with Gasteiger partial charge in [0.05, 0.1) is 24.9 Å². The highest BCUT2D eigenvalue weighted by Crippen LogP contribution is 2.25. The summed E-state index contributed by atoms with van der Waals surface area (Å²) in [5, 5.41) is 22.5. The van der Waals surface area contributed by atoms with Crippen molar-refractivity contribution in [2.24, 2.45) is 5.92 Å². The minimum absolute atomic E-state index is 0.308. The summed E-state index contributed by atoms with van der Waals surface area (Å²) in [4.78, 5) is 0. The van der Waals surface area contributed by atoms with Crippen LogP contribution in [0.2, 0.25) is 0 Å². The molecule has 0 aromatic heterocycles. The third-order valence-electron chi connectivity index (χ3n) is 3.79. The fraction of sp³-hybridized carbons (Fsp3) is 1.00. The highest BCUT2D eigenvalue weighted by atomic mass is 16.5. The lowest BCUT2D eigenvalue weighted by molar-refractivity contribution is -0.0311. The molecule has 1 aliphatic rings. The van der Waals surface area contributed by atoms with Gasteiger partial charge in [0.25, 0.3) is 0 Å². The predicted molar refractivity (Wildman–Crippen MR) is 77.2 cm³/mol. The highest BCUT2D eigenvalue weighted by Gasteiger charge is 2.20. The Hall–Kier alpha value is -0.160. The van der Waals surface area contributed by atoms with E-state index in [1.54, 1.807) is 0 Å². The molecular weight excluding hydrogens is 242 g/mol. The van der Waals surface area contributed by atoms with Crippen molar-refractivity contribution in [3.8, 4) is 0 Å². The third kappa shape index (κ3) is 7.88. The lowest BCUT2D eigenvalue weighted by Crippen LogP contribution is -2.36. The molecule has 4 unspecified atom stereocenters. The van der Waals surface area contributed by atoms with Gasteiger partial charge in [0.1, 0.15) is 0 Å². The summed E-state index contributed by atoms with van der Waals surface area (Å²) >= 11 is 0. The molecule has 0 spiro atoms. The average Bonchev–Trinajstić information content (AvgIpc) is 2.37. The van der Waals surface area contributed by atoms with Crippen molar-refractivity contribution in [3.63, 3.8) is 0 Å². The lowest BCUT2D eigenvalue weighted by atomic mass is 9.89. The van der Waals surface area contributed by atoms with E-state index in [4.69, 9.17) is 4.74 Å². The van der Waals surface area contributed by atoms with Crippen LogP contribution < -0.4 is 5.32 Å². The topological polar surface area (TPSA) is 61.7 Å². The first-order chi connectivity index (χ1) is 9.11. The Balaban J connectivity index is 2.02. The van der Waals surface area contributed by atoms with Gasteiger partial charge < -0.3 is 20.3 Å². The van der Waals surface area contributed by atoms with Crippen LogP contribution in [0.15, 0.2) is 0 Å². The molecule has 1 aliphatic carbocycles. The summed E-state index contributed by atoms with van der Waals surface area (Å²) in [6.45, 7) is 5.75. The summed E-state index contributed by atoms with van der Waals surface area (Å²) in [5.41, 5.74) is 0. The zero-order chi connectivity index (χ0) is 14.1. The third-order valence-corrected chi connectivity index (χ3v) is 3.79. The van der Waals surface area contributed by atoms with E-state index in [9.17, 15) is 10.2 Å². The van der Waals surface area contributed by atoms with Crippen molar-refractivity contribution in [1.29, 1.82) is 0 Å². The Labute approximate surface area is 117 Å². The van der Waals surface area contributed by atoms with Gasteiger partial charge in [-0.3, -0.25) is 0 Å². The Morgan fingerprint density at radius 3 is 2.63 bits per heavy atom. The first-order valence-corrected chi connectivity index (χ1v) is 7.80. The van der Waals surface area contributed by atoms with E-state index in [1.165, 1.54) is 12.8 Å². The molecule has 19 heavy (non-hydrogen) atoms. The minimum Gasteiger partial charge on any atom is -0.392 e. The molecule has 0 amide bonds. The van der Waals surface area contributed by atoms with E-state index < -0.39 is 6.10 Å². The summed E-state index contributed by atoms with van der Waals surface area (Å²) < 4.78 is 5.77. The fourth-order valence-corrected chi connectivity index (χ4v) is 2.69. The van der Waals surface area contributed by atoms with E-state index in [0.717, 1.165) is 31.6 Å². The van der Waals surface area contributed by atoms with E-state index in [1.807, 2.05) is 0 Å². The zero-order valence-electron chi connectivity index (χ0n) is 12.5. The van der Waals surface area contributed by atoms with Crippen molar-refractivity contribution >= 4 is 0 Å². The van der Waals surface area contributed by atoms with E-state index in [2.05, 4.69) is 19.2 Å². The first kappa shape index (κ1) is 16.9. The maximum atomic E-state index is 9.82. The second kappa shape index (κ2) is 9.70. The first-order valence-electron chi connectivity index (χ1n) is 7.80. The molecule has 0 aliphatic heterocycles. The van der Waals surface area contributed by atoms with Crippen LogP contribution in [-0.4, -0.2) is 48.2 Å². The van der Waals surface area contributed by atoms with Gasteiger partial charge in [-0.2, -0.15) is 0 Å². The van der Waals surface area contributed by atoms with Gasteiger partial charge in [0.2, 0.25) is 0 Å². The maximum Gasteiger partial charge on any atom is 0.0897 e. The Morgan fingerprint density at radius 1 is 1.21 bits per heavy atom. The van der Waals surface area contributed by atoms with Crippen LogP contribution in [-0.2, 0) is 4.74 Å². The summed E-state index contributed by atoms with van der Waals surface area (Å²) in [6.07, 6.45) is 6.11. The molecule has 0 aromatic carbocycles. The number of nitrogens with one attached hydrogen (secondary N) is 1. The van der Waals surface area contributed by atoms with Crippen LogP contribution in [0.5, 0.6) is 0 Å². The smallest absolute Gasteiger partial charge is 0.0897 e. The molecule has 4 nitrogen and oxygen atoms in total. The molecule has 3 N–H and O–H groups in total. The molecule has 1 rings (SSSR count). The second-order valence-corrected chi connectivity index (χ2v) is 5.98. The van der Waals surface area contributed by atoms with Crippen molar-refractivity contribution in [2.45, 2.75) is 70.7 Å². The van der Waals surface area contributed by atoms with Crippen LogP contribution in [0, 0.1) is 5.92 Å². The van der Waals surface area contributed by atoms with Gasteiger partial charge in [-0.05, 0) is 25.2 Å². The van der Waals surface area contributed by atoms with Crippen molar-refractivity contribution in [2.75, 3.05) is 19.7 Å². The van der Waals surface area contributed by atoms with Gasteiger partial charge >= 0.3 is 0 Å². The minimum atomic E-state index is -0.481. The van der Waals surface area contributed by atoms with E-state index in [0.29, 0.717) is 25.8 Å². The van der Waals surface area contributed by atoms with Crippen LogP contribution in [0.3, 0.4) is 0 Å². The van der Waals surface area contributed by atoms with Crippen molar-refractivity contribution < 1.29 is 14.9 Å². The van der Waals surface area contributed by atoms with Gasteiger partial charge in [-0.15, -0.1) is 0 Å². The normalized spacial score (nSPS) is 27.2. The second-order valence-electron chi connectivity index (χ2n) is 5.98. The lowest BCUT2D eigenvalue weighted by Gasteiger charge is -2.27. The maximum absolute atomic E-state index is 9.82. The average molecular weight is 273 g/mol. The largest absolute Gasteiger partial charge is 0.392 e. The molecule has 0 radical (unpaired) electrons. The van der Waals surface area contributed by atoms with Crippen molar-refractivity contribution in [1.82, 2.24) is 5.32 Å². The Bertz CT molecular complexity index is 225. The SMILES string of the molecule is CCCC(O)CNCC(O)COC1CCCC(C)C1. The van der Waals surface area contributed by atoms with Crippen LogP contribution >= 0.6 is 0 Å². The fourth-order valence-electron chi connectivity index (χ4n) is 2.69. The molecule has 4 atom stereocenters. The van der Waals surface area contributed by atoms with Gasteiger partial charge in [-0.25, -0.2) is 0 Å². The van der Waals surface area contributed by atoms with Gasteiger partial charge in [0, 0.05) is 13.1 Å². The van der Waals surface area contributed by atoms with E-state index >= 15 is 0 Å². The zero-order valence-corrected chi connectivity index (χ0v) is 12.5. The number of ether oxygens (including phenoxy) is 1. The predicted octanol–water partition coefficient (Wildman–Crippen LogP) is 1.69. The van der Waals surface area contributed by atoms with Gasteiger partial charge in [0.15, 0.2) is 0 Å². The summed E-state index contributed by atoms with van der Waals surface area (Å²) in [6, 6.07) is 0. The molecule has 0 saturated heterocycles. The number of hydrogen-bond donors (Lipinski definition) is 3. The summed E-state index contributed by atoms with van der Waals surface area (Å²) in [7, 11) is 0. The molecule has 1 fully saturated rings. The van der Waals surface area contributed by atoms with Gasteiger partial charge in [-0.1, -0.05) is 33.1 Å². The van der Waals surface area contributed by atoms with Crippen LogP contribution in [0.1, 0.15) is 52.4 Å². The molecule has 0 bridgehead atoms. The Morgan fingerprint density at radius 2 is 1.95 bits per heavy atom. The molecule has 4 heteroatoms. The molecule has 114 valence electrons. The van der Waals surface area contributed by atoms with Crippen LogP contribution in [0.4, 0.5) is 0 Å². The van der Waals surface area contributed by atoms with E-state index in [-0.39, 0.29) is 6.10 Å². The molecular formula is C15H31NO3. The number of aliphatic hydroxyl groups is 2. The Kier molecular flexibility index (Phi) is 8.62. The van der Waals surface area contributed by atoms with Crippen molar-refractivity contribution in [3.05, 3.63) is 0 Å². The number of rotatable bonds is 9. The monoisotopic (exact) mass is 273 g/mol. The molecule has 0 aromatic rings. The number of aliphatic hydroxyl groups excluding tert-OH is 2. The summed E-state index contributed by atoms with van der Waals surface area (Å²) in [5.74, 6) is 0.748. The van der Waals surface area contributed by atoms with Crippen LogP contribution in [0.25, 0.3) is 0 Å². The molecule has 1 saturated carbocycles. The quantitative estimate of drug-likeness (QED) is 0.598. The highest BCUT2D eigenvalue weighted by molar-refractivity contribution is 4.71.